The standard InChI is InChI=1S/C19H14ClF6N3/c1-12(29-11-10-27-28-29)17(20,13-2-6-15(7-3-13)18(21,22)23)14-4-8-16(9-5-14)19(24,25)26/h2-12H,1H3. The fourth-order valence-corrected chi connectivity index (χ4v) is 3.41. The summed E-state index contributed by atoms with van der Waals surface area (Å²) in [6, 6.07) is 7.67. The Balaban J connectivity index is 2.12. The number of nitrogens with zero attached hydrogens (tertiary/aromatic N) is 3. The highest BCUT2D eigenvalue weighted by molar-refractivity contribution is 6.26. The molecule has 0 bridgehead atoms. The molecule has 0 aliphatic heterocycles. The Hall–Kier alpha value is -2.55. The highest BCUT2D eigenvalue weighted by Gasteiger charge is 2.41. The predicted octanol–water partition coefficient (Wildman–Crippen LogP) is 6.06. The van der Waals surface area contributed by atoms with E-state index in [-0.39, 0.29) is 11.1 Å². The van der Waals surface area contributed by atoms with Crippen LogP contribution in [-0.4, -0.2) is 15.0 Å². The molecule has 0 aliphatic rings. The lowest BCUT2D eigenvalue weighted by Crippen LogP contribution is -2.32. The highest BCUT2D eigenvalue weighted by atomic mass is 35.5. The molecular weight excluding hydrogens is 420 g/mol. The van der Waals surface area contributed by atoms with Gasteiger partial charge in [0.15, 0.2) is 0 Å². The second-order valence-electron chi connectivity index (χ2n) is 6.42. The van der Waals surface area contributed by atoms with Gasteiger partial charge >= 0.3 is 12.4 Å². The minimum Gasteiger partial charge on any atom is -0.247 e. The molecule has 2 aromatic carbocycles. The van der Waals surface area contributed by atoms with Crippen LogP contribution in [-0.2, 0) is 17.2 Å². The molecule has 3 aromatic rings. The maximum absolute atomic E-state index is 12.9. The van der Waals surface area contributed by atoms with Crippen molar-refractivity contribution in [2.45, 2.75) is 30.2 Å². The quantitative estimate of drug-likeness (QED) is 0.370. The van der Waals surface area contributed by atoms with Crippen molar-refractivity contribution in [2.75, 3.05) is 0 Å². The molecule has 1 heterocycles. The first-order chi connectivity index (χ1) is 13.4. The lowest BCUT2D eigenvalue weighted by Gasteiger charge is -2.34. The van der Waals surface area contributed by atoms with Crippen molar-refractivity contribution < 1.29 is 26.3 Å². The number of benzene rings is 2. The molecule has 29 heavy (non-hydrogen) atoms. The number of rotatable bonds is 4. The molecule has 0 N–H and O–H groups in total. The Bertz CT molecular complexity index is 890. The lowest BCUT2D eigenvalue weighted by atomic mass is 9.84. The van der Waals surface area contributed by atoms with E-state index in [0.717, 1.165) is 24.3 Å². The summed E-state index contributed by atoms with van der Waals surface area (Å²) in [7, 11) is 0. The predicted molar refractivity (Wildman–Crippen MR) is 94.3 cm³/mol. The third kappa shape index (κ3) is 4.10. The van der Waals surface area contributed by atoms with E-state index in [1.165, 1.54) is 41.3 Å². The minimum atomic E-state index is -4.53. The smallest absolute Gasteiger partial charge is 0.247 e. The molecule has 0 fully saturated rings. The summed E-state index contributed by atoms with van der Waals surface area (Å²) in [6.45, 7) is 1.65. The van der Waals surface area contributed by atoms with Crippen molar-refractivity contribution >= 4 is 11.6 Å². The van der Waals surface area contributed by atoms with Crippen LogP contribution in [0.15, 0.2) is 60.9 Å². The molecule has 0 saturated heterocycles. The summed E-state index contributed by atoms with van der Waals surface area (Å²) < 4.78 is 78.9. The van der Waals surface area contributed by atoms with Gasteiger partial charge in [0.1, 0.15) is 4.87 Å². The number of aromatic nitrogens is 3. The third-order valence-electron chi connectivity index (χ3n) is 4.68. The summed E-state index contributed by atoms with van der Waals surface area (Å²) in [5, 5.41) is 7.56. The molecule has 3 rings (SSSR count). The second kappa shape index (κ2) is 7.37. The summed E-state index contributed by atoms with van der Waals surface area (Å²) in [6.07, 6.45) is -6.15. The van der Waals surface area contributed by atoms with Crippen LogP contribution >= 0.6 is 11.6 Å². The SMILES string of the molecule is CC(n1ccnn1)C(Cl)(c1ccc(C(F)(F)F)cc1)c1ccc(C(F)(F)F)cc1. The van der Waals surface area contributed by atoms with Gasteiger partial charge in [0.05, 0.1) is 23.4 Å². The van der Waals surface area contributed by atoms with E-state index < -0.39 is 34.4 Å². The van der Waals surface area contributed by atoms with Crippen LogP contribution in [0.4, 0.5) is 26.3 Å². The van der Waals surface area contributed by atoms with E-state index in [1.807, 2.05) is 0 Å². The van der Waals surface area contributed by atoms with Crippen molar-refractivity contribution in [1.82, 2.24) is 15.0 Å². The van der Waals surface area contributed by atoms with Crippen molar-refractivity contribution in [1.29, 1.82) is 0 Å². The van der Waals surface area contributed by atoms with Gasteiger partial charge in [0.2, 0.25) is 0 Å². The summed E-state index contributed by atoms with van der Waals surface area (Å²) in [5.41, 5.74) is -1.17. The van der Waals surface area contributed by atoms with Crippen LogP contribution in [0.25, 0.3) is 0 Å². The van der Waals surface area contributed by atoms with E-state index in [4.69, 9.17) is 11.6 Å². The van der Waals surface area contributed by atoms with Crippen molar-refractivity contribution in [3.05, 3.63) is 83.2 Å². The van der Waals surface area contributed by atoms with Crippen LogP contribution in [0.2, 0.25) is 0 Å². The second-order valence-corrected chi connectivity index (χ2v) is 7.02. The Kier molecular flexibility index (Phi) is 5.38. The van der Waals surface area contributed by atoms with Crippen LogP contribution in [0, 0.1) is 0 Å². The van der Waals surface area contributed by atoms with E-state index in [2.05, 4.69) is 10.3 Å². The lowest BCUT2D eigenvalue weighted by molar-refractivity contribution is -0.138. The van der Waals surface area contributed by atoms with E-state index in [1.54, 1.807) is 6.92 Å². The molecule has 1 aromatic heterocycles. The largest absolute Gasteiger partial charge is 0.416 e. The van der Waals surface area contributed by atoms with E-state index >= 15 is 0 Å². The normalized spacial score (nSPS) is 14.1. The first-order valence-electron chi connectivity index (χ1n) is 8.34. The molecule has 0 amide bonds. The van der Waals surface area contributed by atoms with Gasteiger partial charge in [-0.25, -0.2) is 4.68 Å². The third-order valence-corrected chi connectivity index (χ3v) is 5.43. The topological polar surface area (TPSA) is 30.7 Å². The Morgan fingerprint density at radius 3 is 1.45 bits per heavy atom. The van der Waals surface area contributed by atoms with E-state index in [0.29, 0.717) is 0 Å². The number of alkyl halides is 7. The van der Waals surface area contributed by atoms with Gasteiger partial charge in [0.25, 0.3) is 0 Å². The van der Waals surface area contributed by atoms with Gasteiger partial charge in [-0.2, -0.15) is 26.3 Å². The van der Waals surface area contributed by atoms with Crippen molar-refractivity contribution in [3.63, 3.8) is 0 Å². The average molecular weight is 434 g/mol. The van der Waals surface area contributed by atoms with Crippen molar-refractivity contribution in [3.8, 4) is 0 Å². The molecule has 0 radical (unpaired) electrons. The maximum atomic E-state index is 12.9. The van der Waals surface area contributed by atoms with Gasteiger partial charge < -0.3 is 0 Å². The van der Waals surface area contributed by atoms with Crippen LogP contribution in [0.1, 0.15) is 35.2 Å². The number of hydrogen-bond acceptors (Lipinski definition) is 2. The average Bonchev–Trinajstić information content (AvgIpc) is 3.20. The minimum absolute atomic E-state index is 0.273. The van der Waals surface area contributed by atoms with Crippen molar-refractivity contribution in [2.24, 2.45) is 0 Å². The molecule has 0 saturated carbocycles. The number of halogens is 7. The van der Waals surface area contributed by atoms with Crippen LogP contribution < -0.4 is 0 Å². The monoisotopic (exact) mass is 433 g/mol. The molecule has 0 aliphatic carbocycles. The fraction of sp³-hybridized carbons (Fsp3) is 0.263. The van der Waals surface area contributed by atoms with Gasteiger partial charge in [0, 0.05) is 6.20 Å². The maximum Gasteiger partial charge on any atom is 0.416 e. The summed E-state index contributed by atoms with van der Waals surface area (Å²) >= 11 is 6.91. The highest BCUT2D eigenvalue weighted by Crippen LogP contribution is 2.46. The van der Waals surface area contributed by atoms with Gasteiger partial charge in [-0.1, -0.05) is 29.5 Å². The first kappa shape index (κ1) is 21.2. The molecule has 1 atom stereocenters. The van der Waals surface area contributed by atoms with Crippen LogP contribution in [0.3, 0.4) is 0 Å². The molecule has 154 valence electrons. The molecule has 3 nitrogen and oxygen atoms in total. The van der Waals surface area contributed by atoms with Crippen LogP contribution in [0.5, 0.6) is 0 Å². The number of hydrogen-bond donors (Lipinski definition) is 0. The summed E-state index contributed by atoms with van der Waals surface area (Å²) in [4.78, 5) is -1.50. The first-order valence-corrected chi connectivity index (χ1v) is 8.72. The Morgan fingerprint density at radius 2 is 1.14 bits per heavy atom. The summed E-state index contributed by atoms with van der Waals surface area (Å²) in [5.74, 6) is 0. The zero-order valence-corrected chi connectivity index (χ0v) is 15.6. The Morgan fingerprint density at radius 1 is 0.759 bits per heavy atom. The van der Waals surface area contributed by atoms with Gasteiger partial charge in [-0.05, 0) is 42.3 Å². The molecule has 10 heteroatoms. The Labute approximate surface area is 166 Å². The molecule has 0 spiro atoms. The van der Waals surface area contributed by atoms with Gasteiger partial charge in [-0.3, -0.25) is 0 Å². The zero-order chi connectivity index (χ0) is 21.4. The molecular formula is C19H14ClF6N3. The zero-order valence-electron chi connectivity index (χ0n) is 14.8. The molecule has 1 unspecified atom stereocenters. The van der Waals surface area contributed by atoms with E-state index in [9.17, 15) is 26.3 Å². The van der Waals surface area contributed by atoms with Gasteiger partial charge in [-0.15, -0.1) is 16.7 Å². The fourth-order valence-electron chi connectivity index (χ4n) is 3.06.